The van der Waals surface area contributed by atoms with Gasteiger partial charge >= 0.3 is 158 Å². The van der Waals surface area contributed by atoms with Gasteiger partial charge in [0.1, 0.15) is 5.75 Å². The summed E-state index contributed by atoms with van der Waals surface area (Å²) >= 11 is 0. The van der Waals surface area contributed by atoms with Crippen molar-refractivity contribution < 1.29 is 27.5 Å². The number of amides is 1. The van der Waals surface area contributed by atoms with E-state index >= 15 is 0 Å². The van der Waals surface area contributed by atoms with Gasteiger partial charge in [0.25, 0.3) is 0 Å². The number of methoxy groups -OCH3 is 1. The first-order valence-corrected chi connectivity index (χ1v) is 12.9. The molecular weight excluding hydrogens is 473 g/mol. The van der Waals surface area contributed by atoms with Crippen molar-refractivity contribution in [1.29, 1.82) is 0 Å². The maximum absolute atomic E-state index is 13.2. The van der Waals surface area contributed by atoms with Gasteiger partial charge in [0, 0.05) is 0 Å². The Kier molecular flexibility index (Phi) is 10.2. The smallest absolute Gasteiger partial charge is 0.0380 e. The number of nitrogens with two attached hydrogens (primary N) is 1. The Morgan fingerprint density at radius 1 is 1.34 bits per heavy atom. The van der Waals surface area contributed by atoms with Gasteiger partial charge in [-0.2, -0.15) is 0 Å². The van der Waals surface area contributed by atoms with Crippen LogP contribution in [0.1, 0.15) is 36.0 Å². The zero-order chi connectivity index (χ0) is 26.3. The van der Waals surface area contributed by atoms with Crippen LogP contribution in [0, 0.1) is 26.7 Å². The van der Waals surface area contributed by atoms with Crippen molar-refractivity contribution in [2.24, 2.45) is 16.0 Å². The molecule has 0 spiro atoms. The number of likely N-dealkylation sites (N-methyl/N-ethyl adjacent to an activating group) is 1. The van der Waals surface area contributed by atoms with Crippen molar-refractivity contribution in [3.05, 3.63) is 22.8 Å². The Morgan fingerprint density at radius 3 is 2.63 bits per heavy atom. The van der Waals surface area contributed by atoms with E-state index in [1.807, 2.05) is 0 Å². The van der Waals surface area contributed by atoms with Crippen LogP contribution >= 0.6 is 0 Å². The fourth-order valence-corrected chi connectivity index (χ4v) is 5.89. The predicted molar refractivity (Wildman–Crippen MR) is 133 cm³/mol. The summed E-state index contributed by atoms with van der Waals surface area (Å²) < 4.78 is 46.5. The summed E-state index contributed by atoms with van der Waals surface area (Å²) in [7, 11) is 1.07. The first kappa shape index (κ1) is 28.7. The maximum atomic E-state index is 13.2. The number of carbonyl (C=O) groups is 1. The van der Waals surface area contributed by atoms with Gasteiger partial charge in [0.05, 0.1) is 7.11 Å². The third kappa shape index (κ3) is 7.02. The summed E-state index contributed by atoms with van der Waals surface area (Å²) in [6.45, 7) is 6.21. The minimum atomic E-state index is -4.06. The number of guanidine groups is 1. The molecule has 13 heteroatoms. The molecular formula is C22H36BN5O6S. The van der Waals surface area contributed by atoms with Crippen molar-refractivity contribution in [3.63, 3.8) is 0 Å². The Labute approximate surface area is 208 Å². The molecule has 3 N–H and O–H groups in total. The molecule has 1 aromatic carbocycles. The number of piperidine rings is 1. The van der Waals surface area contributed by atoms with Gasteiger partial charge in [-0.3, -0.25) is 0 Å². The van der Waals surface area contributed by atoms with Gasteiger partial charge in [-0.05, 0) is 32.4 Å². The van der Waals surface area contributed by atoms with Crippen LogP contribution in [-0.2, 0) is 24.4 Å². The monoisotopic (exact) mass is 509 g/mol. The van der Waals surface area contributed by atoms with E-state index < -0.39 is 16.1 Å². The van der Waals surface area contributed by atoms with Crippen LogP contribution in [-0.4, -0.2) is 84.2 Å². The molecule has 0 bridgehead atoms. The number of nitrogens with zero attached hydrogens (tertiary/aromatic N) is 3. The summed E-state index contributed by atoms with van der Waals surface area (Å²) in [4.78, 5) is 19.5. The Morgan fingerprint density at radius 2 is 2.03 bits per heavy atom. The minimum absolute atomic E-state index is 0.0327. The van der Waals surface area contributed by atoms with Crippen molar-refractivity contribution in [1.82, 2.24) is 15.3 Å². The number of hydrogen-bond donors (Lipinski definition) is 2. The van der Waals surface area contributed by atoms with E-state index in [1.54, 1.807) is 31.7 Å². The minimum Gasteiger partial charge on any atom is -0.0380 e. The molecule has 1 aliphatic heterocycles. The second-order valence-electron chi connectivity index (χ2n) is 8.74. The average Bonchev–Trinajstić information content (AvgIpc) is 2.82. The van der Waals surface area contributed by atoms with Crippen LogP contribution in [0.4, 0.5) is 0 Å². The molecule has 35 heavy (non-hydrogen) atoms. The first-order valence-electron chi connectivity index (χ1n) is 11.5. The van der Waals surface area contributed by atoms with Crippen LogP contribution < -0.4 is 15.8 Å². The molecule has 1 fully saturated rings. The molecule has 1 unspecified atom stereocenters. The van der Waals surface area contributed by atoms with Gasteiger partial charge in [0.2, 0.25) is 0 Å². The molecule has 0 saturated carbocycles. The van der Waals surface area contributed by atoms with Gasteiger partial charge < -0.3 is 4.74 Å². The Balaban J connectivity index is 2.24. The van der Waals surface area contributed by atoms with E-state index in [9.17, 15) is 17.9 Å². The average molecular weight is 509 g/mol. The van der Waals surface area contributed by atoms with Crippen LogP contribution in [0.5, 0.6) is 5.75 Å². The zero-order valence-electron chi connectivity index (χ0n) is 21.3. The van der Waals surface area contributed by atoms with Crippen LogP contribution in [0.3, 0.4) is 0 Å². The van der Waals surface area contributed by atoms with Crippen molar-refractivity contribution in [3.8, 4) is 5.75 Å². The van der Waals surface area contributed by atoms with Crippen LogP contribution in [0.2, 0.25) is 0 Å². The molecule has 2 atom stereocenters. The molecule has 2 rings (SSSR count). The molecule has 0 aliphatic carbocycles. The third-order valence-electron chi connectivity index (χ3n) is 6.41. The number of benzene rings is 1. The van der Waals surface area contributed by atoms with Crippen molar-refractivity contribution >= 4 is 29.0 Å². The normalized spacial score (nSPS) is 17.6. The molecule has 1 heterocycles. The van der Waals surface area contributed by atoms with Gasteiger partial charge in [-0.15, -0.1) is 0 Å². The van der Waals surface area contributed by atoms with Crippen LogP contribution in [0.15, 0.2) is 15.4 Å². The number of rotatable bonds is 10. The molecule has 0 radical (unpaired) electrons. The second-order valence-corrected chi connectivity index (χ2v) is 10.3. The quantitative estimate of drug-likeness (QED) is 0.202. The molecule has 1 aliphatic rings. The summed E-state index contributed by atoms with van der Waals surface area (Å²) in [6.07, 6.45) is 2.06. The summed E-state index contributed by atoms with van der Waals surface area (Å²) in [5, 5.41) is 4.06. The SMILES string of the molecule is COc1cc(C)c(S(=O)(=O)/N=C(\N)N2CCC[C@H](CC(NCB=O)C(=O)N(C)OC)C2)c(C)c1C. The third-order valence-corrected chi connectivity index (χ3v) is 7.98. The number of likely N-dealkylation sites (tertiary alicyclic amines) is 1. The fourth-order valence-electron chi connectivity index (χ4n) is 4.43. The van der Waals surface area contributed by atoms with E-state index in [4.69, 9.17) is 15.3 Å². The van der Waals surface area contributed by atoms with E-state index in [0.717, 1.165) is 23.5 Å². The number of ether oxygens (including phenoxy) is 1. The summed E-state index contributed by atoms with van der Waals surface area (Å²) in [5.74, 6) is 0.266. The Bertz CT molecular complexity index is 1060. The van der Waals surface area contributed by atoms with E-state index in [1.165, 1.54) is 21.3 Å². The van der Waals surface area contributed by atoms with Crippen molar-refractivity contribution in [2.75, 3.05) is 40.8 Å². The number of hydroxylamine groups is 2. The van der Waals surface area contributed by atoms with Crippen molar-refractivity contribution in [2.45, 2.75) is 51.0 Å². The van der Waals surface area contributed by atoms with Gasteiger partial charge in [-0.25, -0.2) is 0 Å². The molecule has 11 nitrogen and oxygen atoms in total. The standard InChI is InChI=1S/C22H36BN5O6S/c1-14-10-19(33-5)15(2)16(3)20(14)35(31,32)26-22(24)28-9-7-8-17(12-28)11-18(25-13-23-30)21(29)27(4)34-6/h10,17-18,25H,7-9,11-13H2,1-6H3,(H2,24,26)/t17-,18?/m1/s1. The Hall–Kier alpha value is -2.51. The topological polar surface area (TPSA) is 144 Å². The number of sulfonamides is 1. The molecule has 1 amide bonds. The molecule has 1 saturated heterocycles. The zero-order valence-corrected chi connectivity index (χ0v) is 22.1. The van der Waals surface area contributed by atoms with Gasteiger partial charge in [-0.1, -0.05) is 0 Å². The van der Waals surface area contributed by atoms with Crippen LogP contribution in [0.25, 0.3) is 0 Å². The van der Waals surface area contributed by atoms with E-state index in [-0.39, 0.29) is 29.1 Å². The summed E-state index contributed by atoms with van der Waals surface area (Å²) in [6, 6.07) is 1.06. The number of hydrogen-bond acceptors (Lipinski definition) is 7. The fraction of sp³-hybridized carbons (Fsp3) is 0.636. The number of nitrogens with one attached hydrogen (secondary N) is 1. The number of carbonyl (C=O) groups excluding carboxylic acids is 1. The second kappa shape index (κ2) is 12.5. The summed E-state index contributed by atoms with van der Waals surface area (Å²) in [5.41, 5.74) is 8.01. The number of aryl methyl sites for hydroxylation is 1. The van der Waals surface area contributed by atoms with E-state index in [2.05, 4.69) is 9.71 Å². The van der Waals surface area contributed by atoms with Gasteiger partial charge in [0.15, 0.2) is 0 Å². The molecule has 0 aromatic heterocycles. The predicted octanol–water partition coefficient (Wildman–Crippen LogP) is 0.711. The molecule has 1 aromatic rings. The van der Waals surface area contributed by atoms with E-state index in [0.29, 0.717) is 43.5 Å². The first-order chi connectivity index (χ1) is 16.5. The molecule has 194 valence electrons.